The molecular weight excluding hydrogens is 374 g/mol. The van der Waals surface area contributed by atoms with Gasteiger partial charge in [-0.2, -0.15) is 0 Å². The molecule has 0 radical (unpaired) electrons. The summed E-state index contributed by atoms with van der Waals surface area (Å²) in [4.78, 5) is 20.5. The molecule has 3 rings (SSSR count). The van der Waals surface area contributed by atoms with Gasteiger partial charge < -0.3 is 14.6 Å². The molecule has 0 spiro atoms. The quantitative estimate of drug-likeness (QED) is 0.729. The third kappa shape index (κ3) is 3.92. The molecule has 1 saturated carbocycles. The molecular formula is C25H37N3O2. The zero-order valence-corrected chi connectivity index (χ0v) is 19.8. The maximum atomic E-state index is 13.8. The summed E-state index contributed by atoms with van der Waals surface area (Å²) in [5, 5.41) is 9.68. The van der Waals surface area contributed by atoms with Crippen LogP contribution in [0.3, 0.4) is 0 Å². The van der Waals surface area contributed by atoms with Crippen LogP contribution in [0, 0.1) is 32.6 Å². The third-order valence-electron chi connectivity index (χ3n) is 7.06. The number of aryl methyl sites for hydroxylation is 1. The largest absolute Gasteiger partial charge is 0.396 e. The molecule has 5 heteroatoms. The lowest BCUT2D eigenvalue weighted by Gasteiger charge is -2.29. The van der Waals surface area contributed by atoms with Gasteiger partial charge >= 0.3 is 0 Å². The molecule has 0 aromatic carbocycles. The molecule has 30 heavy (non-hydrogen) atoms. The lowest BCUT2D eigenvalue weighted by Crippen LogP contribution is -2.31. The minimum Gasteiger partial charge on any atom is -0.396 e. The van der Waals surface area contributed by atoms with Gasteiger partial charge in [0.15, 0.2) is 5.78 Å². The number of anilines is 1. The van der Waals surface area contributed by atoms with Gasteiger partial charge in [-0.05, 0) is 77.8 Å². The molecule has 3 atom stereocenters. The van der Waals surface area contributed by atoms with E-state index in [1.807, 2.05) is 26.1 Å². The standard InChI is InChI=1S/C25H37N3O2/c1-15-11-20(12-19(15)14-29)27(8)22-9-10-26-17(3)23(22)24(30)21-13-28(25(5,6)7)18(4)16(21)2/h9-10,13,15,19-20,29H,11-12,14H2,1-8H3/t15-,19+,20-/m0/s1. The Morgan fingerprint density at radius 3 is 2.47 bits per heavy atom. The second-order valence-corrected chi connectivity index (χ2v) is 10.1. The van der Waals surface area contributed by atoms with Crippen molar-refractivity contribution >= 4 is 11.5 Å². The van der Waals surface area contributed by atoms with Crippen molar-refractivity contribution in [3.8, 4) is 0 Å². The van der Waals surface area contributed by atoms with Gasteiger partial charge in [0.2, 0.25) is 0 Å². The van der Waals surface area contributed by atoms with Crippen LogP contribution in [-0.4, -0.2) is 40.1 Å². The van der Waals surface area contributed by atoms with E-state index in [2.05, 4.69) is 56.1 Å². The number of carbonyl (C=O) groups is 1. The summed E-state index contributed by atoms with van der Waals surface area (Å²) in [7, 11) is 2.07. The highest BCUT2D eigenvalue weighted by molar-refractivity contribution is 6.14. The van der Waals surface area contributed by atoms with Crippen LogP contribution in [0.15, 0.2) is 18.5 Å². The zero-order chi connectivity index (χ0) is 22.4. The maximum Gasteiger partial charge on any atom is 0.198 e. The number of aromatic nitrogens is 2. The second-order valence-electron chi connectivity index (χ2n) is 10.1. The Kier molecular flexibility index (Phi) is 6.15. The molecule has 5 nitrogen and oxygen atoms in total. The van der Waals surface area contributed by atoms with E-state index in [0.29, 0.717) is 23.4 Å². The molecule has 0 amide bonds. The van der Waals surface area contributed by atoms with E-state index in [-0.39, 0.29) is 17.9 Å². The Hall–Kier alpha value is -2.14. The second kappa shape index (κ2) is 8.18. The van der Waals surface area contributed by atoms with Gasteiger partial charge in [0.05, 0.1) is 16.9 Å². The Morgan fingerprint density at radius 1 is 1.27 bits per heavy atom. The first-order valence-electron chi connectivity index (χ1n) is 11.0. The molecule has 164 valence electrons. The van der Waals surface area contributed by atoms with Gasteiger partial charge in [0, 0.05) is 48.9 Å². The fourth-order valence-electron chi connectivity index (χ4n) is 4.95. The van der Waals surface area contributed by atoms with Crippen molar-refractivity contribution in [2.75, 3.05) is 18.6 Å². The van der Waals surface area contributed by atoms with Crippen LogP contribution in [0.2, 0.25) is 0 Å². The van der Waals surface area contributed by atoms with E-state index >= 15 is 0 Å². The van der Waals surface area contributed by atoms with Crippen molar-refractivity contribution < 1.29 is 9.90 Å². The number of hydrogen-bond donors (Lipinski definition) is 1. The van der Waals surface area contributed by atoms with E-state index in [4.69, 9.17) is 0 Å². The Morgan fingerprint density at radius 2 is 1.93 bits per heavy atom. The highest BCUT2D eigenvalue weighted by Crippen LogP contribution is 2.37. The first-order chi connectivity index (χ1) is 14.0. The van der Waals surface area contributed by atoms with Crippen LogP contribution >= 0.6 is 0 Å². The first kappa shape index (κ1) is 22.5. The van der Waals surface area contributed by atoms with Gasteiger partial charge in [0.1, 0.15) is 0 Å². The molecule has 0 aliphatic heterocycles. The fraction of sp³-hybridized carbons (Fsp3) is 0.600. The Labute approximate surface area is 181 Å². The van der Waals surface area contributed by atoms with Crippen molar-refractivity contribution in [3.05, 3.63) is 46.5 Å². The summed E-state index contributed by atoms with van der Waals surface area (Å²) >= 11 is 0. The number of hydrogen-bond acceptors (Lipinski definition) is 4. The number of rotatable bonds is 5. The average Bonchev–Trinajstić information content (AvgIpc) is 3.20. The number of aliphatic hydroxyl groups is 1. The van der Waals surface area contributed by atoms with Crippen molar-refractivity contribution in [2.45, 2.75) is 72.9 Å². The van der Waals surface area contributed by atoms with Crippen LogP contribution in [-0.2, 0) is 5.54 Å². The normalized spacial score (nSPS) is 21.8. The van der Waals surface area contributed by atoms with Crippen LogP contribution in [0.1, 0.15) is 73.4 Å². The van der Waals surface area contributed by atoms with Gasteiger partial charge in [-0.3, -0.25) is 9.78 Å². The summed E-state index contributed by atoms with van der Waals surface area (Å²) in [5.41, 5.74) is 5.20. The maximum absolute atomic E-state index is 13.8. The average molecular weight is 412 g/mol. The van der Waals surface area contributed by atoms with Crippen molar-refractivity contribution in [3.63, 3.8) is 0 Å². The van der Waals surface area contributed by atoms with Gasteiger partial charge in [-0.25, -0.2) is 0 Å². The first-order valence-corrected chi connectivity index (χ1v) is 11.0. The molecule has 1 aliphatic carbocycles. The lowest BCUT2D eigenvalue weighted by molar-refractivity contribution is 0.103. The number of pyridine rings is 1. The third-order valence-corrected chi connectivity index (χ3v) is 7.06. The molecule has 1 N–H and O–H groups in total. The van der Waals surface area contributed by atoms with Crippen molar-refractivity contribution in [2.24, 2.45) is 11.8 Å². The summed E-state index contributed by atoms with van der Waals surface area (Å²) in [6.07, 6.45) is 5.76. The zero-order valence-electron chi connectivity index (χ0n) is 19.8. The Balaban J connectivity index is 2.03. The lowest BCUT2D eigenvalue weighted by atomic mass is 9.98. The van der Waals surface area contributed by atoms with Gasteiger partial charge in [-0.1, -0.05) is 6.92 Å². The summed E-state index contributed by atoms with van der Waals surface area (Å²) in [5.74, 6) is 0.844. The number of nitrogens with zero attached hydrogens (tertiary/aromatic N) is 3. The van der Waals surface area contributed by atoms with Crippen molar-refractivity contribution in [1.29, 1.82) is 0 Å². The monoisotopic (exact) mass is 411 g/mol. The van der Waals surface area contributed by atoms with E-state index in [9.17, 15) is 9.90 Å². The molecule has 1 fully saturated rings. The number of carbonyl (C=O) groups excluding carboxylic acids is 1. The molecule has 2 heterocycles. The minimum atomic E-state index is -0.0870. The highest BCUT2D eigenvalue weighted by atomic mass is 16.3. The number of ketones is 1. The summed E-state index contributed by atoms with van der Waals surface area (Å²) in [6, 6.07) is 2.27. The van der Waals surface area contributed by atoms with E-state index in [1.165, 1.54) is 0 Å². The summed E-state index contributed by atoms with van der Waals surface area (Å²) < 4.78 is 2.19. The van der Waals surface area contributed by atoms with Crippen LogP contribution in [0.4, 0.5) is 5.69 Å². The molecule has 0 saturated heterocycles. The van der Waals surface area contributed by atoms with Crippen LogP contribution in [0.5, 0.6) is 0 Å². The van der Waals surface area contributed by atoms with E-state index < -0.39 is 0 Å². The molecule has 1 aliphatic rings. The molecule has 2 aromatic heterocycles. The summed E-state index contributed by atoms with van der Waals surface area (Å²) in [6.45, 7) is 14.9. The minimum absolute atomic E-state index is 0.0378. The molecule has 0 unspecified atom stereocenters. The highest BCUT2D eigenvalue weighted by Gasteiger charge is 2.35. The predicted molar refractivity (Wildman–Crippen MR) is 122 cm³/mol. The van der Waals surface area contributed by atoms with Crippen LogP contribution in [0.25, 0.3) is 0 Å². The van der Waals surface area contributed by atoms with E-state index in [1.54, 1.807) is 6.20 Å². The smallest absolute Gasteiger partial charge is 0.198 e. The van der Waals surface area contributed by atoms with Gasteiger partial charge in [-0.15, -0.1) is 0 Å². The Bertz CT molecular complexity index is 939. The fourth-order valence-corrected chi connectivity index (χ4v) is 4.95. The topological polar surface area (TPSA) is 58.4 Å². The number of aliphatic hydroxyl groups excluding tert-OH is 1. The van der Waals surface area contributed by atoms with Crippen LogP contribution < -0.4 is 4.90 Å². The van der Waals surface area contributed by atoms with Crippen molar-refractivity contribution in [1.82, 2.24) is 9.55 Å². The SMILES string of the molecule is Cc1nccc(N(C)[C@@H]2C[C@H](CO)[C@@H](C)C2)c1C(=O)c1cn(C(C)(C)C)c(C)c1C. The van der Waals surface area contributed by atoms with E-state index in [0.717, 1.165) is 41.0 Å². The van der Waals surface area contributed by atoms with Gasteiger partial charge in [0.25, 0.3) is 0 Å². The molecule has 0 bridgehead atoms. The predicted octanol–water partition coefficient (Wildman–Crippen LogP) is 4.64. The molecule has 2 aromatic rings.